The third-order valence-corrected chi connectivity index (χ3v) is 4.00. The minimum absolute atomic E-state index is 0.0239. The van der Waals surface area contributed by atoms with Crippen LogP contribution in [-0.2, 0) is 11.2 Å². The van der Waals surface area contributed by atoms with Gasteiger partial charge in [-0.1, -0.05) is 12.1 Å². The Bertz CT molecular complexity index is 683. The normalized spacial score (nSPS) is 14.8. The maximum atomic E-state index is 12.4. The minimum Gasteiger partial charge on any atom is -0.504 e. The lowest BCUT2D eigenvalue weighted by Gasteiger charge is -2.35. The van der Waals surface area contributed by atoms with Gasteiger partial charge < -0.3 is 20.0 Å². The Labute approximate surface area is 134 Å². The molecule has 2 aromatic rings. The van der Waals surface area contributed by atoms with Gasteiger partial charge in [0.15, 0.2) is 11.5 Å². The molecule has 3 rings (SSSR count). The molecule has 0 spiro atoms. The molecule has 0 bridgehead atoms. The summed E-state index contributed by atoms with van der Waals surface area (Å²) in [4.78, 5) is 20.7. The molecule has 1 aromatic heterocycles. The third-order valence-electron chi connectivity index (χ3n) is 4.00. The standard InChI is InChI=1S/C17H19N3O3/c21-14-5-4-13(11-15(14)22)12-17(23)20-9-7-19(8-10-20)16-3-1-2-6-18-16/h1-6,11,21-22H,7-10,12H2. The summed E-state index contributed by atoms with van der Waals surface area (Å²) >= 11 is 0. The van der Waals surface area contributed by atoms with Crippen molar-refractivity contribution in [1.82, 2.24) is 9.88 Å². The van der Waals surface area contributed by atoms with Crippen molar-refractivity contribution in [2.45, 2.75) is 6.42 Å². The third kappa shape index (κ3) is 3.53. The van der Waals surface area contributed by atoms with Crippen molar-refractivity contribution in [3.63, 3.8) is 0 Å². The Morgan fingerprint density at radius 3 is 2.48 bits per heavy atom. The van der Waals surface area contributed by atoms with E-state index in [-0.39, 0.29) is 23.8 Å². The molecule has 1 amide bonds. The van der Waals surface area contributed by atoms with Crippen LogP contribution in [0.5, 0.6) is 11.5 Å². The topological polar surface area (TPSA) is 76.9 Å². The number of carbonyl (C=O) groups excluding carboxylic acids is 1. The number of anilines is 1. The largest absolute Gasteiger partial charge is 0.504 e. The number of pyridine rings is 1. The monoisotopic (exact) mass is 313 g/mol. The molecule has 6 heteroatoms. The first kappa shape index (κ1) is 15.1. The van der Waals surface area contributed by atoms with Crippen LogP contribution in [0.4, 0.5) is 5.82 Å². The molecule has 2 heterocycles. The molecule has 2 N–H and O–H groups in total. The predicted molar refractivity (Wildman–Crippen MR) is 86.5 cm³/mol. The van der Waals surface area contributed by atoms with Gasteiger partial charge in [0.1, 0.15) is 5.82 Å². The summed E-state index contributed by atoms with van der Waals surface area (Å²) in [7, 11) is 0. The highest BCUT2D eigenvalue weighted by Crippen LogP contribution is 2.25. The highest BCUT2D eigenvalue weighted by atomic mass is 16.3. The van der Waals surface area contributed by atoms with Gasteiger partial charge in [-0.25, -0.2) is 4.98 Å². The van der Waals surface area contributed by atoms with Crippen LogP contribution >= 0.6 is 0 Å². The van der Waals surface area contributed by atoms with Gasteiger partial charge in [0, 0.05) is 32.4 Å². The van der Waals surface area contributed by atoms with Gasteiger partial charge in [0.2, 0.25) is 5.91 Å². The van der Waals surface area contributed by atoms with E-state index in [0.29, 0.717) is 18.7 Å². The molecular weight excluding hydrogens is 294 g/mol. The van der Waals surface area contributed by atoms with Gasteiger partial charge >= 0.3 is 0 Å². The Balaban J connectivity index is 1.57. The average molecular weight is 313 g/mol. The van der Waals surface area contributed by atoms with Gasteiger partial charge in [0.05, 0.1) is 6.42 Å². The fraction of sp³-hybridized carbons (Fsp3) is 0.294. The van der Waals surface area contributed by atoms with Crippen LogP contribution in [0.2, 0.25) is 0 Å². The second-order valence-corrected chi connectivity index (χ2v) is 5.56. The first-order valence-electron chi connectivity index (χ1n) is 7.58. The fourth-order valence-electron chi connectivity index (χ4n) is 2.69. The summed E-state index contributed by atoms with van der Waals surface area (Å²) in [6, 6.07) is 10.3. The maximum absolute atomic E-state index is 12.4. The second kappa shape index (κ2) is 6.56. The maximum Gasteiger partial charge on any atom is 0.227 e. The van der Waals surface area contributed by atoms with Crippen LogP contribution < -0.4 is 4.90 Å². The zero-order chi connectivity index (χ0) is 16.2. The van der Waals surface area contributed by atoms with E-state index >= 15 is 0 Å². The van der Waals surface area contributed by atoms with E-state index in [1.54, 1.807) is 12.3 Å². The van der Waals surface area contributed by atoms with Crippen molar-refractivity contribution in [2.75, 3.05) is 31.1 Å². The van der Waals surface area contributed by atoms with Crippen molar-refractivity contribution in [3.8, 4) is 11.5 Å². The molecule has 0 atom stereocenters. The van der Waals surface area contributed by atoms with Crippen molar-refractivity contribution < 1.29 is 15.0 Å². The van der Waals surface area contributed by atoms with Crippen LogP contribution in [0.15, 0.2) is 42.6 Å². The lowest BCUT2D eigenvalue weighted by molar-refractivity contribution is -0.130. The van der Waals surface area contributed by atoms with Crippen molar-refractivity contribution >= 4 is 11.7 Å². The number of nitrogens with zero attached hydrogens (tertiary/aromatic N) is 3. The van der Waals surface area contributed by atoms with E-state index in [9.17, 15) is 15.0 Å². The SMILES string of the molecule is O=C(Cc1ccc(O)c(O)c1)N1CCN(c2ccccn2)CC1. The molecule has 1 saturated heterocycles. The zero-order valence-corrected chi connectivity index (χ0v) is 12.7. The quantitative estimate of drug-likeness (QED) is 0.837. The van der Waals surface area contributed by atoms with Crippen LogP contribution in [0, 0.1) is 0 Å². The van der Waals surface area contributed by atoms with Gasteiger partial charge in [-0.2, -0.15) is 0 Å². The summed E-state index contributed by atoms with van der Waals surface area (Å²) in [5.74, 6) is 0.583. The predicted octanol–water partition coefficient (Wildman–Crippen LogP) is 1.38. The van der Waals surface area contributed by atoms with Crippen molar-refractivity contribution in [2.24, 2.45) is 0 Å². The molecule has 120 valence electrons. The number of hydrogen-bond acceptors (Lipinski definition) is 5. The lowest BCUT2D eigenvalue weighted by Crippen LogP contribution is -2.49. The lowest BCUT2D eigenvalue weighted by atomic mass is 10.1. The number of phenolic OH excluding ortho intramolecular Hbond substituents is 2. The molecule has 0 radical (unpaired) electrons. The summed E-state index contributed by atoms with van der Waals surface area (Å²) in [5.41, 5.74) is 0.692. The summed E-state index contributed by atoms with van der Waals surface area (Å²) < 4.78 is 0. The van der Waals surface area contributed by atoms with Crippen LogP contribution in [0.1, 0.15) is 5.56 Å². The van der Waals surface area contributed by atoms with E-state index in [4.69, 9.17) is 0 Å². The van der Waals surface area contributed by atoms with Gasteiger partial charge in [-0.05, 0) is 29.8 Å². The Morgan fingerprint density at radius 2 is 1.83 bits per heavy atom. The average Bonchev–Trinajstić information content (AvgIpc) is 2.59. The number of piperazine rings is 1. The molecule has 0 saturated carbocycles. The molecule has 1 aliphatic heterocycles. The molecule has 0 unspecified atom stereocenters. The molecule has 1 aromatic carbocycles. The first-order valence-corrected chi connectivity index (χ1v) is 7.58. The molecular formula is C17H19N3O3. The van der Waals surface area contributed by atoms with Gasteiger partial charge in [0.25, 0.3) is 0 Å². The highest BCUT2D eigenvalue weighted by molar-refractivity contribution is 5.79. The Morgan fingerprint density at radius 1 is 1.04 bits per heavy atom. The Hall–Kier alpha value is -2.76. The fourth-order valence-corrected chi connectivity index (χ4v) is 2.69. The van der Waals surface area contributed by atoms with E-state index in [2.05, 4.69) is 9.88 Å². The van der Waals surface area contributed by atoms with Crippen LogP contribution in [0.25, 0.3) is 0 Å². The molecule has 0 aliphatic carbocycles. The van der Waals surface area contributed by atoms with E-state index in [0.717, 1.165) is 18.9 Å². The smallest absolute Gasteiger partial charge is 0.227 e. The first-order chi connectivity index (χ1) is 11.1. The second-order valence-electron chi connectivity index (χ2n) is 5.56. The van der Waals surface area contributed by atoms with Crippen molar-refractivity contribution in [3.05, 3.63) is 48.2 Å². The number of amides is 1. The van der Waals surface area contributed by atoms with Crippen molar-refractivity contribution in [1.29, 1.82) is 0 Å². The number of phenols is 2. The number of hydrogen-bond donors (Lipinski definition) is 2. The molecule has 1 fully saturated rings. The Kier molecular flexibility index (Phi) is 4.32. The van der Waals surface area contributed by atoms with E-state index < -0.39 is 0 Å². The zero-order valence-electron chi connectivity index (χ0n) is 12.7. The molecule has 6 nitrogen and oxygen atoms in total. The number of aromatic hydroxyl groups is 2. The number of rotatable bonds is 3. The molecule has 23 heavy (non-hydrogen) atoms. The summed E-state index contributed by atoms with van der Waals surface area (Å²) in [5, 5.41) is 18.8. The van der Waals surface area contributed by atoms with Crippen LogP contribution in [0.3, 0.4) is 0 Å². The minimum atomic E-state index is -0.199. The van der Waals surface area contributed by atoms with E-state index in [1.165, 1.54) is 12.1 Å². The number of benzene rings is 1. The van der Waals surface area contributed by atoms with Gasteiger partial charge in [-0.3, -0.25) is 4.79 Å². The summed E-state index contributed by atoms with van der Waals surface area (Å²) in [6.07, 6.45) is 1.99. The summed E-state index contributed by atoms with van der Waals surface area (Å²) in [6.45, 7) is 2.81. The highest BCUT2D eigenvalue weighted by Gasteiger charge is 2.22. The number of carbonyl (C=O) groups is 1. The molecule has 1 aliphatic rings. The van der Waals surface area contributed by atoms with E-state index in [1.807, 2.05) is 23.1 Å². The van der Waals surface area contributed by atoms with Gasteiger partial charge in [-0.15, -0.1) is 0 Å². The van der Waals surface area contributed by atoms with Crippen LogP contribution in [-0.4, -0.2) is 52.2 Å². The number of aromatic nitrogens is 1.